The van der Waals surface area contributed by atoms with E-state index in [4.69, 9.17) is 27.9 Å². The van der Waals surface area contributed by atoms with Crippen molar-refractivity contribution in [2.45, 2.75) is 39.8 Å². The predicted octanol–water partition coefficient (Wildman–Crippen LogP) is 4.95. The van der Waals surface area contributed by atoms with Gasteiger partial charge in [-0.05, 0) is 36.1 Å². The zero-order chi connectivity index (χ0) is 22.1. The molecule has 1 unspecified atom stereocenters. The Hall–Kier alpha value is -2.24. The van der Waals surface area contributed by atoms with Crippen LogP contribution in [0.1, 0.15) is 32.8 Å². The third kappa shape index (κ3) is 7.22. The highest BCUT2D eigenvalue weighted by atomic mass is 35.5. The molecule has 162 valence electrons. The van der Waals surface area contributed by atoms with Gasteiger partial charge in [-0.25, -0.2) is 0 Å². The number of ether oxygens (including phenoxy) is 1. The maximum absolute atomic E-state index is 13.1. The third-order valence-corrected chi connectivity index (χ3v) is 5.04. The molecule has 30 heavy (non-hydrogen) atoms. The minimum atomic E-state index is -0.597. The molecule has 0 heterocycles. The van der Waals surface area contributed by atoms with Gasteiger partial charge in [-0.15, -0.1) is 0 Å². The van der Waals surface area contributed by atoms with Gasteiger partial charge in [0.25, 0.3) is 5.91 Å². The molecule has 0 aliphatic carbocycles. The Bertz CT molecular complexity index is 844. The summed E-state index contributed by atoms with van der Waals surface area (Å²) in [6.07, 6.45) is 0.490. The lowest BCUT2D eigenvalue weighted by molar-refractivity contribution is -0.143. The number of amides is 2. The van der Waals surface area contributed by atoms with E-state index in [1.54, 1.807) is 23.1 Å². The first-order valence-electron chi connectivity index (χ1n) is 10.0. The summed E-state index contributed by atoms with van der Waals surface area (Å²) in [6, 6.07) is 13.8. The average molecular weight is 451 g/mol. The highest BCUT2D eigenvalue weighted by molar-refractivity contribution is 6.35. The minimum Gasteiger partial charge on any atom is -0.482 e. The van der Waals surface area contributed by atoms with Crippen molar-refractivity contribution >= 4 is 35.0 Å². The molecule has 2 rings (SSSR count). The van der Waals surface area contributed by atoms with E-state index in [1.165, 1.54) is 0 Å². The van der Waals surface area contributed by atoms with Crippen molar-refractivity contribution in [1.82, 2.24) is 10.2 Å². The number of hydrogen-bond acceptors (Lipinski definition) is 3. The first kappa shape index (κ1) is 24.0. The molecule has 2 aromatic rings. The summed E-state index contributed by atoms with van der Waals surface area (Å²) in [5.41, 5.74) is 0.936. The summed E-state index contributed by atoms with van der Waals surface area (Å²) in [7, 11) is 0. The summed E-state index contributed by atoms with van der Waals surface area (Å²) < 4.78 is 5.63. The Kier molecular flexibility index (Phi) is 9.47. The molecule has 0 bridgehead atoms. The Morgan fingerprint density at radius 3 is 2.40 bits per heavy atom. The number of carbonyl (C=O) groups excluding carboxylic acids is 2. The van der Waals surface area contributed by atoms with Gasteiger partial charge in [0.05, 0.1) is 5.02 Å². The molecule has 5 nitrogen and oxygen atoms in total. The van der Waals surface area contributed by atoms with Gasteiger partial charge in [-0.1, -0.05) is 74.3 Å². The van der Waals surface area contributed by atoms with Gasteiger partial charge in [-0.3, -0.25) is 9.59 Å². The first-order chi connectivity index (χ1) is 14.3. The molecular formula is C23H28Cl2N2O3. The monoisotopic (exact) mass is 450 g/mol. The smallest absolute Gasteiger partial charge is 0.261 e. The average Bonchev–Trinajstić information content (AvgIpc) is 2.72. The summed E-state index contributed by atoms with van der Waals surface area (Å²) in [5, 5.41) is 3.74. The fraction of sp³-hybridized carbons (Fsp3) is 0.391. The first-order valence-corrected chi connectivity index (χ1v) is 10.8. The van der Waals surface area contributed by atoms with E-state index in [9.17, 15) is 9.59 Å². The zero-order valence-electron chi connectivity index (χ0n) is 17.5. The molecule has 0 aromatic heterocycles. The topological polar surface area (TPSA) is 58.6 Å². The van der Waals surface area contributed by atoms with Crippen LogP contribution in [0.25, 0.3) is 0 Å². The zero-order valence-corrected chi connectivity index (χ0v) is 19.0. The molecule has 1 atom stereocenters. The Morgan fingerprint density at radius 1 is 1.10 bits per heavy atom. The number of rotatable bonds is 10. The van der Waals surface area contributed by atoms with Crippen LogP contribution in [0.4, 0.5) is 0 Å². The maximum atomic E-state index is 13.1. The number of benzene rings is 2. The van der Waals surface area contributed by atoms with Crippen molar-refractivity contribution in [2.24, 2.45) is 5.92 Å². The van der Waals surface area contributed by atoms with Gasteiger partial charge in [0.1, 0.15) is 11.8 Å². The molecule has 0 radical (unpaired) electrons. The predicted molar refractivity (Wildman–Crippen MR) is 121 cm³/mol. The van der Waals surface area contributed by atoms with Gasteiger partial charge >= 0.3 is 0 Å². The van der Waals surface area contributed by atoms with E-state index in [1.807, 2.05) is 51.1 Å². The summed E-state index contributed by atoms with van der Waals surface area (Å²) in [4.78, 5) is 27.5. The Balaban J connectivity index is 2.18. The molecule has 2 aromatic carbocycles. The molecule has 0 saturated heterocycles. The molecule has 2 amide bonds. The quantitative estimate of drug-likeness (QED) is 0.556. The second kappa shape index (κ2) is 11.8. The Morgan fingerprint density at radius 2 is 1.80 bits per heavy atom. The van der Waals surface area contributed by atoms with Gasteiger partial charge in [0.15, 0.2) is 6.61 Å². The van der Waals surface area contributed by atoms with E-state index in [0.29, 0.717) is 41.2 Å². The SMILES string of the molecule is CCC(C(=O)NCC(C)C)N(Cc1ccccc1)C(=O)COc1ccc(Cl)cc1Cl. The van der Waals surface area contributed by atoms with Crippen LogP contribution in [-0.2, 0) is 16.1 Å². The van der Waals surface area contributed by atoms with E-state index in [0.717, 1.165) is 5.56 Å². The maximum Gasteiger partial charge on any atom is 0.261 e. The lowest BCUT2D eigenvalue weighted by atomic mass is 10.1. The van der Waals surface area contributed by atoms with Crippen LogP contribution >= 0.6 is 23.2 Å². The molecule has 0 spiro atoms. The molecule has 7 heteroatoms. The summed E-state index contributed by atoms with van der Waals surface area (Å²) in [5.74, 6) is 0.225. The fourth-order valence-electron chi connectivity index (χ4n) is 2.94. The van der Waals surface area contributed by atoms with Crippen LogP contribution in [0, 0.1) is 5.92 Å². The number of nitrogens with one attached hydrogen (secondary N) is 1. The highest BCUT2D eigenvalue weighted by Crippen LogP contribution is 2.27. The largest absolute Gasteiger partial charge is 0.482 e. The van der Waals surface area contributed by atoms with Crippen molar-refractivity contribution in [1.29, 1.82) is 0 Å². The van der Waals surface area contributed by atoms with Crippen LogP contribution < -0.4 is 10.1 Å². The van der Waals surface area contributed by atoms with Crippen molar-refractivity contribution < 1.29 is 14.3 Å². The second-order valence-corrected chi connectivity index (χ2v) is 8.28. The standard InChI is InChI=1S/C23H28Cl2N2O3/c1-4-20(23(29)26-13-16(2)3)27(14-17-8-6-5-7-9-17)22(28)15-30-21-11-10-18(24)12-19(21)25/h5-12,16,20H,4,13-15H2,1-3H3,(H,26,29). The third-order valence-electron chi connectivity index (χ3n) is 4.51. The van der Waals surface area contributed by atoms with E-state index < -0.39 is 6.04 Å². The van der Waals surface area contributed by atoms with E-state index in [2.05, 4.69) is 5.32 Å². The van der Waals surface area contributed by atoms with Crippen LogP contribution in [0.3, 0.4) is 0 Å². The number of carbonyl (C=O) groups is 2. The van der Waals surface area contributed by atoms with E-state index in [-0.39, 0.29) is 18.4 Å². The number of nitrogens with zero attached hydrogens (tertiary/aromatic N) is 1. The molecular weight excluding hydrogens is 423 g/mol. The van der Waals surface area contributed by atoms with Crippen molar-refractivity contribution in [3.63, 3.8) is 0 Å². The Labute approximate surface area is 188 Å². The lowest BCUT2D eigenvalue weighted by Crippen LogP contribution is -2.50. The highest BCUT2D eigenvalue weighted by Gasteiger charge is 2.29. The van der Waals surface area contributed by atoms with Gasteiger partial charge in [-0.2, -0.15) is 0 Å². The molecule has 0 aliphatic rings. The number of hydrogen-bond donors (Lipinski definition) is 1. The van der Waals surface area contributed by atoms with Gasteiger partial charge in [0.2, 0.25) is 5.91 Å². The van der Waals surface area contributed by atoms with Crippen LogP contribution in [-0.4, -0.2) is 35.9 Å². The molecule has 0 saturated carbocycles. The summed E-state index contributed by atoms with van der Waals surface area (Å²) >= 11 is 12.0. The van der Waals surface area contributed by atoms with Gasteiger partial charge in [0, 0.05) is 18.1 Å². The molecule has 0 aliphatic heterocycles. The summed E-state index contributed by atoms with van der Waals surface area (Å²) in [6.45, 7) is 6.57. The lowest BCUT2D eigenvalue weighted by Gasteiger charge is -2.30. The molecule has 0 fully saturated rings. The van der Waals surface area contributed by atoms with Crippen molar-refractivity contribution in [3.05, 3.63) is 64.1 Å². The van der Waals surface area contributed by atoms with E-state index >= 15 is 0 Å². The van der Waals surface area contributed by atoms with Crippen molar-refractivity contribution in [2.75, 3.05) is 13.2 Å². The van der Waals surface area contributed by atoms with Crippen molar-refractivity contribution in [3.8, 4) is 5.75 Å². The normalized spacial score (nSPS) is 11.8. The van der Waals surface area contributed by atoms with Crippen LogP contribution in [0.2, 0.25) is 10.0 Å². The molecule has 1 N–H and O–H groups in total. The van der Waals surface area contributed by atoms with Crippen LogP contribution in [0.5, 0.6) is 5.75 Å². The number of halogens is 2. The fourth-order valence-corrected chi connectivity index (χ4v) is 3.40. The van der Waals surface area contributed by atoms with Crippen LogP contribution in [0.15, 0.2) is 48.5 Å². The second-order valence-electron chi connectivity index (χ2n) is 7.43. The van der Waals surface area contributed by atoms with Gasteiger partial charge < -0.3 is 15.0 Å². The minimum absolute atomic E-state index is 0.167.